The second-order valence-corrected chi connectivity index (χ2v) is 11.2. The molecule has 9 heteroatoms. The number of nitrogens with zero attached hydrogens (tertiary/aromatic N) is 5. The fourth-order valence-corrected chi connectivity index (χ4v) is 5.86. The minimum Gasteiger partial charge on any atom is -0.390 e. The largest absolute Gasteiger partial charge is 0.390 e. The highest BCUT2D eigenvalue weighted by molar-refractivity contribution is 6.02. The molecule has 2 aromatic heterocycles. The molecule has 40 heavy (non-hydrogen) atoms. The monoisotopic (exact) mass is 542 g/mol. The summed E-state index contributed by atoms with van der Waals surface area (Å²) in [4.78, 5) is 18.2. The van der Waals surface area contributed by atoms with Crippen molar-refractivity contribution < 1.29 is 13.9 Å². The molecule has 0 saturated carbocycles. The van der Waals surface area contributed by atoms with Crippen LogP contribution in [0.1, 0.15) is 38.2 Å². The fourth-order valence-electron chi connectivity index (χ4n) is 5.86. The van der Waals surface area contributed by atoms with Gasteiger partial charge in [0.1, 0.15) is 22.8 Å². The average molecular weight is 543 g/mol. The molecule has 0 aliphatic carbocycles. The normalized spacial score (nSPS) is 18.8. The van der Waals surface area contributed by atoms with Crippen molar-refractivity contribution in [3.8, 4) is 23.6 Å². The number of likely N-dealkylation sites (N-methyl/N-ethyl adjacent to an activating group) is 1. The minimum absolute atomic E-state index is 0.0532. The first kappa shape index (κ1) is 26.4. The van der Waals surface area contributed by atoms with Crippen molar-refractivity contribution in [2.75, 3.05) is 43.0 Å². The highest BCUT2D eigenvalue weighted by Crippen LogP contribution is 2.37. The van der Waals surface area contributed by atoms with E-state index in [0.717, 1.165) is 19.4 Å². The van der Waals surface area contributed by atoms with Crippen molar-refractivity contribution in [1.29, 1.82) is 0 Å². The third-order valence-electron chi connectivity index (χ3n) is 8.19. The molecule has 6 rings (SSSR count). The molecule has 4 aromatic rings. The first-order valence-electron chi connectivity index (χ1n) is 13.7. The van der Waals surface area contributed by atoms with Gasteiger partial charge in [-0.2, -0.15) is 4.98 Å². The van der Waals surface area contributed by atoms with E-state index in [4.69, 9.17) is 16.4 Å². The van der Waals surface area contributed by atoms with E-state index in [1.807, 2.05) is 29.8 Å². The van der Waals surface area contributed by atoms with Gasteiger partial charge >= 0.3 is 0 Å². The van der Waals surface area contributed by atoms with Gasteiger partial charge in [0.15, 0.2) is 5.82 Å². The molecular formula is C31H32F2N6O. The predicted molar refractivity (Wildman–Crippen MR) is 154 cm³/mol. The van der Waals surface area contributed by atoms with E-state index >= 15 is 4.39 Å². The predicted octanol–water partition coefficient (Wildman–Crippen LogP) is 4.64. The Balaban J connectivity index is 1.53. The summed E-state index contributed by atoms with van der Waals surface area (Å²) in [5.41, 5.74) is -0.0742. The Kier molecular flexibility index (Phi) is 6.77. The molecule has 2 aliphatic heterocycles. The summed E-state index contributed by atoms with van der Waals surface area (Å²) in [6.45, 7) is 4.62. The average Bonchev–Trinajstić information content (AvgIpc) is 3.46. The lowest BCUT2D eigenvalue weighted by atomic mass is 9.94. The molecule has 2 aliphatic rings. The van der Waals surface area contributed by atoms with Crippen LogP contribution in [0.5, 0.6) is 0 Å². The van der Waals surface area contributed by atoms with Crippen LogP contribution >= 0.6 is 0 Å². The lowest BCUT2D eigenvalue weighted by Crippen LogP contribution is -2.43. The number of hydrogen-bond acceptors (Lipinski definition) is 7. The first-order valence-corrected chi connectivity index (χ1v) is 13.7. The van der Waals surface area contributed by atoms with Gasteiger partial charge in [0.25, 0.3) is 0 Å². The van der Waals surface area contributed by atoms with Crippen LogP contribution in [0.3, 0.4) is 0 Å². The number of terminal acetylenes is 1. The van der Waals surface area contributed by atoms with Gasteiger partial charge in [0.2, 0.25) is 5.95 Å². The number of nitrogens with one attached hydrogen (secondary N) is 1. The van der Waals surface area contributed by atoms with Crippen LogP contribution in [0.15, 0.2) is 36.5 Å². The third kappa shape index (κ3) is 4.72. The van der Waals surface area contributed by atoms with Crippen molar-refractivity contribution in [3.63, 3.8) is 0 Å². The number of hydrogen-bond donors (Lipinski definition) is 2. The first-order chi connectivity index (χ1) is 19.3. The Labute approximate surface area is 232 Å². The highest BCUT2D eigenvalue weighted by atomic mass is 19.1. The van der Waals surface area contributed by atoms with E-state index in [0.29, 0.717) is 72.0 Å². The number of anilines is 2. The van der Waals surface area contributed by atoms with Crippen molar-refractivity contribution in [1.82, 2.24) is 20.3 Å². The number of benzene rings is 2. The minimum atomic E-state index is -0.748. The van der Waals surface area contributed by atoms with Crippen LogP contribution < -0.4 is 15.1 Å². The van der Waals surface area contributed by atoms with Crippen LogP contribution in [0.4, 0.5) is 20.5 Å². The molecule has 0 radical (unpaired) electrons. The molecule has 7 nitrogen and oxygen atoms in total. The number of fused-ring (bicyclic) bond motifs is 2. The lowest BCUT2D eigenvalue weighted by Gasteiger charge is -2.36. The van der Waals surface area contributed by atoms with Gasteiger partial charge in [-0.25, -0.2) is 13.8 Å². The molecule has 206 valence electrons. The number of rotatable bonds is 5. The van der Waals surface area contributed by atoms with Gasteiger partial charge in [0.05, 0.1) is 16.6 Å². The van der Waals surface area contributed by atoms with Gasteiger partial charge in [-0.1, -0.05) is 30.2 Å². The number of piperidine rings is 1. The summed E-state index contributed by atoms with van der Waals surface area (Å²) in [6, 6.07) is 8.56. The van der Waals surface area contributed by atoms with Crippen molar-refractivity contribution in [2.45, 2.75) is 44.2 Å². The van der Waals surface area contributed by atoms with Gasteiger partial charge in [-0.3, -0.25) is 4.98 Å². The van der Waals surface area contributed by atoms with Crippen LogP contribution in [-0.4, -0.2) is 64.9 Å². The van der Waals surface area contributed by atoms with E-state index in [2.05, 4.69) is 16.2 Å². The topological polar surface area (TPSA) is 77.4 Å². The Bertz CT molecular complexity index is 1630. The SMILES string of the molecule is C#Cc1c(F)ccc2cccc(-c3ncc4c(N(C)C[C@@H]5CCCN5)nc(N5CCC(C)(O)CC5)nc4c3F)c12. The molecule has 0 spiro atoms. The Morgan fingerprint density at radius 2 is 2.00 bits per heavy atom. The standard InChI is InChI=1S/C31H32F2N6O/c1-4-21-24(32)11-10-19-7-5-9-22(25(19)21)27-26(33)28-23(17-35-27)29(38(3)18-20-8-6-14-34-20)37-30(36-28)39-15-12-31(2,40)13-16-39/h1,5,7,9-11,17,20,34,40H,6,8,12-16,18H2,2-3H3/t20-/m0/s1. The number of aliphatic hydroxyl groups is 1. The molecule has 0 bridgehead atoms. The highest BCUT2D eigenvalue weighted by Gasteiger charge is 2.30. The summed E-state index contributed by atoms with van der Waals surface area (Å²) < 4.78 is 31.2. The third-order valence-corrected chi connectivity index (χ3v) is 8.19. The van der Waals surface area contributed by atoms with Crippen molar-refractivity contribution in [3.05, 3.63) is 53.7 Å². The number of aromatic nitrogens is 3. The summed E-state index contributed by atoms with van der Waals surface area (Å²) >= 11 is 0. The lowest BCUT2D eigenvalue weighted by molar-refractivity contribution is 0.0349. The quantitative estimate of drug-likeness (QED) is 0.356. The molecule has 0 unspecified atom stereocenters. The van der Waals surface area contributed by atoms with E-state index in [1.54, 1.807) is 24.4 Å². The molecule has 1 atom stereocenters. The van der Waals surface area contributed by atoms with Crippen molar-refractivity contribution >= 4 is 33.4 Å². The fraction of sp³-hybridized carbons (Fsp3) is 0.387. The van der Waals surface area contributed by atoms with Crippen LogP contribution in [0.2, 0.25) is 0 Å². The maximum atomic E-state index is 16.5. The summed E-state index contributed by atoms with van der Waals surface area (Å²) in [7, 11) is 1.95. The molecule has 2 N–H and O–H groups in total. The molecule has 0 amide bonds. The number of halogens is 2. The molecule has 2 fully saturated rings. The maximum absolute atomic E-state index is 16.5. The van der Waals surface area contributed by atoms with E-state index in [9.17, 15) is 9.50 Å². The van der Waals surface area contributed by atoms with Crippen LogP contribution in [0, 0.1) is 24.0 Å². The second kappa shape index (κ2) is 10.3. The zero-order valence-corrected chi connectivity index (χ0v) is 22.7. The molecular weight excluding hydrogens is 510 g/mol. The molecule has 2 saturated heterocycles. The zero-order chi connectivity index (χ0) is 28.0. The van der Waals surface area contributed by atoms with E-state index in [1.165, 1.54) is 6.07 Å². The van der Waals surface area contributed by atoms with Crippen LogP contribution in [0.25, 0.3) is 32.9 Å². The van der Waals surface area contributed by atoms with Crippen molar-refractivity contribution in [2.24, 2.45) is 0 Å². The Morgan fingerprint density at radius 1 is 1.20 bits per heavy atom. The number of pyridine rings is 1. The zero-order valence-electron chi connectivity index (χ0n) is 22.7. The van der Waals surface area contributed by atoms with Crippen LogP contribution in [-0.2, 0) is 0 Å². The van der Waals surface area contributed by atoms with Gasteiger partial charge in [-0.15, -0.1) is 6.42 Å². The smallest absolute Gasteiger partial charge is 0.228 e. The summed E-state index contributed by atoms with van der Waals surface area (Å²) in [6.07, 6.45) is 10.6. The van der Waals surface area contributed by atoms with E-state index in [-0.39, 0.29) is 16.8 Å². The maximum Gasteiger partial charge on any atom is 0.228 e. The summed E-state index contributed by atoms with van der Waals surface area (Å²) in [5.74, 6) is 2.28. The van der Waals surface area contributed by atoms with E-state index < -0.39 is 17.2 Å². The van der Waals surface area contributed by atoms with Gasteiger partial charge < -0.3 is 20.2 Å². The summed E-state index contributed by atoms with van der Waals surface area (Å²) in [5, 5.41) is 15.6. The Morgan fingerprint density at radius 3 is 2.73 bits per heavy atom. The Hall–Kier alpha value is -3.87. The molecule has 4 heterocycles. The van der Waals surface area contributed by atoms with Gasteiger partial charge in [0, 0.05) is 49.9 Å². The molecule has 2 aromatic carbocycles. The second-order valence-electron chi connectivity index (χ2n) is 11.2. The van der Waals surface area contributed by atoms with Gasteiger partial charge in [-0.05, 0) is 50.6 Å².